The molecule has 12 atom stereocenters. The molecule has 2 aromatic carbocycles. The quantitative estimate of drug-likeness (QED) is 0.117. The first kappa shape index (κ1) is 39.4. The number of esters is 1. The van der Waals surface area contributed by atoms with E-state index < -0.39 is 97.0 Å². The summed E-state index contributed by atoms with van der Waals surface area (Å²) in [4.78, 5) is 50.7. The van der Waals surface area contributed by atoms with E-state index in [-0.39, 0.29) is 45.9 Å². The zero-order chi connectivity index (χ0) is 38.9. The van der Waals surface area contributed by atoms with Crippen molar-refractivity contribution in [1.82, 2.24) is 15.3 Å². The fourth-order valence-electron chi connectivity index (χ4n) is 8.36. The van der Waals surface area contributed by atoms with Crippen LogP contribution in [0.3, 0.4) is 0 Å². The lowest BCUT2D eigenvalue weighted by molar-refractivity contribution is -0.298. The van der Waals surface area contributed by atoms with Crippen LogP contribution in [0, 0.1) is 5.41 Å². The van der Waals surface area contributed by atoms with Gasteiger partial charge in [0.05, 0.1) is 26.4 Å². The van der Waals surface area contributed by atoms with E-state index in [0.29, 0.717) is 11.1 Å². The van der Waals surface area contributed by atoms with Gasteiger partial charge in [0.25, 0.3) is 0 Å². The largest absolute Gasteiger partial charge is 0.458 e. The first-order valence-corrected chi connectivity index (χ1v) is 18.3. The van der Waals surface area contributed by atoms with Crippen LogP contribution >= 0.6 is 0 Å². The molecule has 0 radical (unpaired) electrons. The number of hydroxylamine groups is 2. The number of fused-ring (bicyclic) bond motifs is 4. The smallest absolute Gasteiger partial charge is 0.327 e. The first-order chi connectivity index (χ1) is 26.6. The minimum Gasteiger partial charge on any atom is -0.458 e. The third-order valence-electron chi connectivity index (χ3n) is 11.1. The Morgan fingerprint density at radius 2 is 1.78 bits per heavy atom. The van der Waals surface area contributed by atoms with E-state index in [1.807, 2.05) is 54.6 Å². The number of carbonyl (C=O) groups excluding carboxylic acids is 3. The molecule has 5 aliphatic rings. The zero-order valence-corrected chi connectivity index (χ0v) is 30.2. The fourth-order valence-corrected chi connectivity index (χ4v) is 8.36. The summed E-state index contributed by atoms with van der Waals surface area (Å²) < 4.78 is 28.8. The SMILES string of the molecule is CN(C(=O)[C@@]12C[C@H]3OC(=O)[C@@H]1N(Cc1ccccc1C=CCO[C@H]1O[C@H](CO)[C@H](O)[C@H](O)[C@H]1O)O[C@@H]2[C@H]1OCO[C@H]13)[C@H](Cc1ccccc1)C(=O)NCCO. The molecule has 4 heterocycles. The van der Waals surface area contributed by atoms with E-state index in [0.717, 1.165) is 5.56 Å². The molecule has 0 unspecified atom stereocenters. The molecule has 1 aliphatic carbocycles. The molecule has 2 amide bonds. The molecule has 4 saturated heterocycles. The van der Waals surface area contributed by atoms with Gasteiger partial charge in [-0.05, 0) is 16.7 Å². The second-order valence-electron chi connectivity index (χ2n) is 14.4. The van der Waals surface area contributed by atoms with Crippen molar-refractivity contribution in [3.05, 3.63) is 77.4 Å². The minimum absolute atomic E-state index is 0.00347. The van der Waals surface area contributed by atoms with Crippen LogP contribution in [-0.2, 0) is 55.9 Å². The normalized spacial score (nSPS) is 34.6. The molecular formula is C38H47N3O14. The number of ether oxygens (including phenoxy) is 5. The lowest BCUT2D eigenvalue weighted by atomic mass is 9.62. The summed E-state index contributed by atoms with van der Waals surface area (Å²) in [5, 5.41) is 53.5. The van der Waals surface area contributed by atoms with E-state index >= 15 is 4.79 Å². The number of aliphatic hydroxyl groups is 5. The highest BCUT2D eigenvalue weighted by Gasteiger charge is 2.75. The van der Waals surface area contributed by atoms with Gasteiger partial charge < -0.3 is 59.4 Å². The van der Waals surface area contributed by atoms with E-state index in [1.54, 1.807) is 12.2 Å². The lowest BCUT2D eigenvalue weighted by Gasteiger charge is -2.50. The van der Waals surface area contributed by atoms with Crippen LogP contribution in [0.2, 0.25) is 0 Å². The predicted octanol–water partition coefficient (Wildman–Crippen LogP) is -1.76. The van der Waals surface area contributed by atoms with Crippen LogP contribution in [0.1, 0.15) is 23.1 Å². The van der Waals surface area contributed by atoms with Crippen molar-refractivity contribution >= 4 is 23.9 Å². The second kappa shape index (κ2) is 16.7. The molecule has 0 spiro atoms. The molecular weight excluding hydrogens is 722 g/mol. The van der Waals surface area contributed by atoms with Gasteiger partial charge in [0.1, 0.15) is 67.1 Å². The van der Waals surface area contributed by atoms with Crippen molar-refractivity contribution in [2.75, 3.05) is 40.2 Å². The Morgan fingerprint density at radius 3 is 2.55 bits per heavy atom. The number of carbonyl (C=O) groups is 3. The van der Waals surface area contributed by atoms with Gasteiger partial charge in [-0.25, -0.2) is 0 Å². The highest BCUT2D eigenvalue weighted by atomic mass is 16.8. The average Bonchev–Trinajstić information content (AvgIpc) is 3.83. The molecule has 4 aliphatic heterocycles. The van der Waals surface area contributed by atoms with Gasteiger partial charge in [-0.1, -0.05) is 66.7 Å². The van der Waals surface area contributed by atoms with Crippen LogP contribution in [0.4, 0.5) is 0 Å². The van der Waals surface area contributed by atoms with Crippen LogP contribution in [-0.4, -0.2) is 161 Å². The van der Waals surface area contributed by atoms with Crippen molar-refractivity contribution in [1.29, 1.82) is 0 Å². The maximum atomic E-state index is 15.1. The van der Waals surface area contributed by atoms with Crippen LogP contribution in [0.15, 0.2) is 60.7 Å². The van der Waals surface area contributed by atoms with E-state index in [1.165, 1.54) is 17.0 Å². The van der Waals surface area contributed by atoms with Gasteiger partial charge >= 0.3 is 5.97 Å². The number of nitrogens with zero attached hydrogens (tertiary/aromatic N) is 2. The number of rotatable bonds is 14. The summed E-state index contributed by atoms with van der Waals surface area (Å²) >= 11 is 0. The number of likely N-dealkylation sites (N-methyl/N-ethyl adjacent to an activating group) is 1. The number of nitrogens with one attached hydrogen (secondary N) is 1. The van der Waals surface area contributed by atoms with Crippen LogP contribution < -0.4 is 5.32 Å². The van der Waals surface area contributed by atoms with Gasteiger partial charge in [-0.15, -0.1) is 0 Å². The van der Waals surface area contributed by atoms with E-state index in [2.05, 4.69) is 5.32 Å². The summed E-state index contributed by atoms with van der Waals surface area (Å²) in [5.41, 5.74) is 0.714. The third-order valence-corrected chi connectivity index (χ3v) is 11.1. The number of hydrogen-bond donors (Lipinski definition) is 6. The average molecular weight is 770 g/mol. The molecule has 2 bridgehead atoms. The number of amides is 2. The van der Waals surface area contributed by atoms with Crippen molar-refractivity contribution in [3.8, 4) is 0 Å². The predicted molar refractivity (Wildman–Crippen MR) is 188 cm³/mol. The third kappa shape index (κ3) is 7.42. The summed E-state index contributed by atoms with van der Waals surface area (Å²) in [6, 6.07) is 14.3. The number of benzene rings is 2. The standard InChI is InChI=1S/C38H47N3O14/c1-40(24(34(47)39-13-14-42)16-21-8-3-2-4-9-21)37(49)38-17-25-30-31(52-20-51-30)33(38)55-41(32(38)35(48)53-25)18-23-11-6-5-10-22(23)12-7-15-50-36-29(46)28(45)27(44)26(19-43)54-36/h2-12,24-33,36,42-46H,13-20H2,1H3,(H,39,47)/t24-,25-,26-,27+,28+,29-,30+,31+,32+,33-,36+,38+/m1/s1. The first-order valence-electron chi connectivity index (χ1n) is 18.3. The number of aliphatic hydroxyl groups excluding tert-OH is 5. The summed E-state index contributed by atoms with van der Waals surface area (Å²) in [6.07, 6.45) is -6.55. The maximum Gasteiger partial charge on any atom is 0.327 e. The van der Waals surface area contributed by atoms with E-state index in [9.17, 15) is 35.1 Å². The van der Waals surface area contributed by atoms with E-state index in [4.69, 9.17) is 28.5 Å². The van der Waals surface area contributed by atoms with Gasteiger partial charge in [0.15, 0.2) is 12.3 Å². The fraction of sp³-hybridized carbons (Fsp3) is 0.553. The van der Waals surface area contributed by atoms with Crippen molar-refractivity contribution in [3.63, 3.8) is 0 Å². The minimum atomic E-state index is -1.57. The molecule has 17 heteroatoms. The molecule has 298 valence electrons. The monoisotopic (exact) mass is 769 g/mol. The second-order valence-corrected chi connectivity index (χ2v) is 14.4. The van der Waals surface area contributed by atoms with Crippen LogP contribution in [0.5, 0.6) is 0 Å². The molecule has 0 aromatic heterocycles. The summed E-state index contributed by atoms with van der Waals surface area (Å²) in [7, 11) is 1.53. The lowest BCUT2D eigenvalue weighted by Crippen LogP contribution is -2.70. The Balaban J connectivity index is 1.14. The van der Waals surface area contributed by atoms with Gasteiger partial charge in [0, 0.05) is 26.4 Å². The Labute approximate surface area is 316 Å². The molecule has 1 saturated carbocycles. The molecule has 5 fully saturated rings. The van der Waals surface area contributed by atoms with Crippen molar-refractivity contribution < 1.29 is 68.4 Å². The van der Waals surface area contributed by atoms with Gasteiger partial charge in [-0.3, -0.25) is 19.2 Å². The van der Waals surface area contributed by atoms with Crippen molar-refractivity contribution in [2.24, 2.45) is 5.41 Å². The Morgan fingerprint density at radius 1 is 1.04 bits per heavy atom. The maximum absolute atomic E-state index is 15.1. The summed E-state index contributed by atoms with van der Waals surface area (Å²) in [5.74, 6) is -1.62. The summed E-state index contributed by atoms with van der Waals surface area (Å²) in [6.45, 7) is -0.981. The molecule has 6 N–H and O–H groups in total. The van der Waals surface area contributed by atoms with Gasteiger partial charge in [0.2, 0.25) is 11.8 Å². The van der Waals surface area contributed by atoms with Crippen molar-refractivity contribution in [2.45, 2.75) is 86.6 Å². The Kier molecular flexibility index (Phi) is 12.0. The molecule has 2 aromatic rings. The Hall–Kier alpha value is -3.85. The Bertz CT molecular complexity index is 1710. The molecule has 17 nitrogen and oxygen atoms in total. The highest BCUT2D eigenvalue weighted by molar-refractivity contribution is 5.96. The topological polar surface area (TPSA) is 226 Å². The zero-order valence-electron chi connectivity index (χ0n) is 30.2. The molecule has 55 heavy (non-hydrogen) atoms. The number of hydrogen-bond acceptors (Lipinski definition) is 15. The van der Waals surface area contributed by atoms with Gasteiger partial charge in [-0.2, -0.15) is 5.06 Å². The van der Waals surface area contributed by atoms with Crippen LogP contribution in [0.25, 0.3) is 6.08 Å². The molecule has 7 rings (SSSR count). The highest BCUT2D eigenvalue weighted by Crippen LogP contribution is 2.56.